The quantitative estimate of drug-likeness (QED) is 0.222. The van der Waals surface area contributed by atoms with E-state index in [1.54, 1.807) is 7.11 Å². The van der Waals surface area contributed by atoms with Gasteiger partial charge in [-0.3, -0.25) is 4.99 Å². The van der Waals surface area contributed by atoms with Crippen molar-refractivity contribution in [2.24, 2.45) is 10.9 Å². The fourth-order valence-electron chi connectivity index (χ4n) is 3.99. The average Bonchev–Trinajstić information content (AvgIpc) is 2.81. The van der Waals surface area contributed by atoms with E-state index < -0.39 is 0 Å². The number of nitrogens with one attached hydrogen (secondary N) is 1. The van der Waals surface area contributed by atoms with Gasteiger partial charge in [-0.05, 0) is 44.2 Å². The number of para-hydroxylation sites is 2. The molecule has 0 saturated carbocycles. The molecule has 2 saturated heterocycles. The summed E-state index contributed by atoms with van der Waals surface area (Å²) in [5.41, 5.74) is 1.17. The van der Waals surface area contributed by atoms with Gasteiger partial charge in [-0.1, -0.05) is 12.1 Å². The third-order valence-electron chi connectivity index (χ3n) is 5.74. The van der Waals surface area contributed by atoms with Gasteiger partial charge in [0, 0.05) is 65.7 Å². The maximum Gasteiger partial charge on any atom is 0.194 e. The molecule has 0 spiro atoms. The molecule has 1 N–H and O–H groups in total. The number of anilines is 1. The standard InChI is InChI=1S/C23H38N4O3.HI/c1-3-24-23(25-11-6-16-30-19-20-9-17-29-18-10-20)27-14-12-26(13-15-27)21-7-4-5-8-22(21)28-2;/h4-5,7-8,20H,3,6,9-19H2,1-2H3,(H,24,25);1H. The summed E-state index contributed by atoms with van der Waals surface area (Å²) in [5, 5.41) is 3.45. The fraction of sp³-hybridized carbons (Fsp3) is 0.696. The zero-order valence-corrected chi connectivity index (χ0v) is 21.4. The number of aliphatic imine (C=N–C) groups is 1. The molecule has 0 aromatic heterocycles. The van der Waals surface area contributed by atoms with Crippen LogP contribution in [0.3, 0.4) is 0 Å². The van der Waals surface area contributed by atoms with E-state index in [0.29, 0.717) is 5.92 Å². The number of hydrogen-bond acceptors (Lipinski definition) is 5. The van der Waals surface area contributed by atoms with Crippen molar-refractivity contribution >= 4 is 35.6 Å². The van der Waals surface area contributed by atoms with Crippen molar-refractivity contribution < 1.29 is 14.2 Å². The first-order valence-corrected chi connectivity index (χ1v) is 11.4. The number of hydrogen-bond donors (Lipinski definition) is 1. The fourth-order valence-corrected chi connectivity index (χ4v) is 3.99. The molecule has 2 aliphatic rings. The van der Waals surface area contributed by atoms with Crippen LogP contribution in [0, 0.1) is 5.92 Å². The number of benzene rings is 1. The molecule has 3 rings (SSSR count). The summed E-state index contributed by atoms with van der Waals surface area (Å²) in [7, 11) is 1.73. The maximum absolute atomic E-state index is 5.87. The molecule has 0 atom stereocenters. The number of ether oxygens (including phenoxy) is 3. The van der Waals surface area contributed by atoms with Gasteiger partial charge in [0.25, 0.3) is 0 Å². The second kappa shape index (κ2) is 14.7. The summed E-state index contributed by atoms with van der Waals surface area (Å²) < 4.78 is 16.8. The normalized spacial score (nSPS) is 17.9. The third kappa shape index (κ3) is 8.31. The molecule has 0 radical (unpaired) electrons. The lowest BCUT2D eigenvalue weighted by Gasteiger charge is -2.38. The Kier molecular flexibility index (Phi) is 12.4. The van der Waals surface area contributed by atoms with Crippen molar-refractivity contribution in [2.75, 3.05) is 77.7 Å². The van der Waals surface area contributed by atoms with Crippen LogP contribution in [-0.2, 0) is 9.47 Å². The molecule has 0 aliphatic carbocycles. The molecule has 2 fully saturated rings. The van der Waals surface area contributed by atoms with E-state index in [4.69, 9.17) is 19.2 Å². The van der Waals surface area contributed by atoms with Gasteiger partial charge >= 0.3 is 0 Å². The Morgan fingerprint density at radius 2 is 1.90 bits per heavy atom. The van der Waals surface area contributed by atoms with Gasteiger partial charge in [-0.25, -0.2) is 0 Å². The van der Waals surface area contributed by atoms with Gasteiger partial charge in [0.1, 0.15) is 5.75 Å². The molecular weight excluding hydrogens is 507 g/mol. The van der Waals surface area contributed by atoms with Gasteiger partial charge in [-0.2, -0.15) is 0 Å². The molecule has 8 heteroatoms. The molecular formula is C23H39IN4O3. The molecule has 176 valence electrons. The van der Waals surface area contributed by atoms with Crippen molar-refractivity contribution in [3.63, 3.8) is 0 Å². The number of rotatable bonds is 9. The molecule has 0 bridgehead atoms. The minimum Gasteiger partial charge on any atom is -0.495 e. The lowest BCUT2D eigenvalue weighted by atomic mass is 10.0. The van der Waals surface area contributed by atoms with Gasteiger partial charge in [-0.15, -0.1) is 24.0 Å². The molecule has 7 nitrogen and oxygen atoms in total. The summed E-state index contributed by atoms with van der Waals surface area (Å²) in [6.45, 7) is 11.0. The van der Waals surface area contributed by atoms with Crippen molar-refractivity contribution in [2.45, 2.75) is 26.2 Å². The summed E-state index contributed by atoms with van der Waals surface area (Å²) >= 11 is 0. The lowest BCUT2D eigenvalue weighted by Crippen LogP contribution is -2.52. The highest BCUT2D eigenvalue weighted by Gasteiger charge is 2.21. The second-order valence-electron chi connectivity index (χ2n) is 7.87. The Labute approximate surface area is 204 Å². The van der Waals surface area contributed by atoms with Crippen LogP contribution >= 0.6 is 24.0 Å². The summed E-state index contributed by atoms with van der Waals surface area (Å²) in [6.07, 6.45) is 3.21. The topological polar surface area (TPSA) is 58.6 Å². The molecule has 1 aromatic rings. The van der Waals surface area contributed by atoms with Crippen molar-refractivity contribution in [3.8, 4) is 5.75 Å². The summed E-state index contributed by atoms with van der Waals surface area (Å²) in [4.78, 5) is 9.59. The maximum atomic E-state index is 5.87. The molecule has 0 amide bonds. The van der Waals surface area contributed by atoms with Gasteiger partial charge in [0.15, 0.2) is 5.96 Å². The van der Waals surface area contributed by atoms with Crippen molar-refractivity contribution in [1.29, 1.82) is 0 Å². The van der Waals surface area contributed by atoms with E-state index in [2.05, 4.69) is 34.2 Å². The highest BCUT2D eigenvalue weighted by Crippen LogP contribution is 2.28. The minimum atomic E-state index is 0. The first-order valence-electron chi connectivity index (χ1n) is 11.4. The van der Waals surface area contributed by atoms with Crippen LogP contribution in [0.15, 0.2) is 29.3 Å². The predicted octanol–water partition coefficient (Wildman–Crippen LogP) is 3.23. The zero-order chi connectivity index (χ0) is 21.0. The van der Waals surface area contributed by atoms with Gasteiger partial charge < -0.3 is 29.3 Å². The van der Waals surface area contributed by atoms with E-state index in [-0.39, 0.29) is 24.0 Å². The smallest absolute Gasteiger partial charge is 0.194 e. The number of piperazine rings is 1. The van der Waals surface area contributed by atoms with Crippen LogP contribution in [0.4, 0.5) is 5.69 Å². The largest absolute Gasteiger partial charge is 0.495 e. The number of halogens is 1. The van der Waals surface area contributed by atoms with E-state index in [9.17, 15) is 0 Å². The molecule has 2 heterocycles. The zero-order valence-electron chi connectivity index (χ0n) is 19.1. The first kappa shape index (κ1) is 26.0. The van der Waals surface area contributed by atoms with Crippen LogP contribution in [0.2, 0.25) is 0 Å². The van der Waals surface area contributed by atoms with Gasteiger partial charge in [0.05, 0.1) is 12.8 Å². The number of methoxy groups -OCH3 is 1. The molecule has 2 aliphatic heterocycles. The molecule has 31 heavy (non-hydrogen) atoms. The minimum absolute atomic E-state index is 0. The van der Waals surface area contributed by atoms with E-state index in [0.717, 1.165) is 96.7 Å². The van der Waals surface area contributed by atoms with Crippen LogP contribution < -0.4 is 15.0 Å². The monoisotopic (exact) mass is 546 g/mol. The van der Waals surface area contributed by atoms with E-state index in [1.807, 2.05) is 12.1 Å². The van der Waals surface area contributed by atoms with Crippen molar-refractivity contribution in [3.05, 3.63) is 24.3 Å². The highest BCUT2D eigenvalue weighted by molar-refractivity contribution is 14.0. The van der Waals surface area contributed by atoms with E-state index in [1.165, 1.54) is 5.69 Å². The summed E-state index contributed by atoms with van der Waals surface area (Å²) in [5.74, 6) is 2.62. The van der Waals surface area contributed by atoms with E-state index >= 15 is 0 Å². The number of guanidine groups is 1. The van der Waals surface area contributed by atoms with Crippen LogP contribution in [0.1, 0.15) is 26.2 Å². The second-order valence-corrected chi connectivity index (χ2v) is 7.87. The Morgan fingerprint density at radius 3 is 2.61 bits per heavy atom. The van der Waals surface area contributed by atoms with Crippen LogP contribution in [-0.4, -0.2) is 83.7 Å². The van der Waals surface area contributed by atoms with Crippen LogP contribution in [0.5, 0.6) is 5.75 Å². The Morgan fingerprint density at radius 1 is 1.16 bits per heavy atom. The lowest BCUT2D eigenvalue weighted by molar-refractivity contribution is 0.0205. The Balaban J connectivity index is 0.00000341. The number of nitrogens with zero attached hydrogens (tertiary/aromatic N) is 3. The predicted molar refractivity (Wildman–Crippen MR) is 137 cm³/mol. The Bertz CT molecular complexity index is 647. The highest BCUT2D eigenvalue weighted by atomic mass is 127. The average molecular weight is 546 g/mol. The molecule has 1 aromatic carbocycles. The first-order chi connectivity index (χ1) is 14.8. The van der Waals surface area contributed by atoms with Gasteiger partial charge in [0.2, 0.25) is 0 Å². The van der Waals surface area contributed by atoms with Crippen molar-refractivity contribution in [1.82, 2.24) is 10.2 Å². The molecule has 0 unspecified atom stereocenters. The Hall–Kier alpha value is -1.26. The summed E-state index contributed by atoms with van der Waals surface area (Å²) in [6, 6.07) is 8.24. The third-order valence-corrected chi connectivity index (χ3v) is 5.74. The van der Waals surface area contributed by atoms with Crippen LogP contribution in [0.25, 0.3) is 0 Å². The SMILES string of the molecule is CCNC(=NCCCOCC1CCOCC1)N1CCN(c2ccccc2OC)CC1.I.